The molecule has 1 aliphatic heterocycles. The highest BCUT2D eigenvalue weighted by Crippen LogP contribution is 2.43. The first-order chi connectivity index (χ1) is 16.0. The summed E-state index contributed by atoms with van der Waals surface area (Å²) in [6.45, 7) is 11.5. The van der Waals surface area contributed by atoms with Crippen LogP contribution < -0.4 is 14.5 Å². The van der Waals surface area contributed by atoms with Gasteiger partial charge in [-0.15, -0.1) is 5.10 Å². The van der Waals surface area contributed by atoms with E-state index in [0.717, 1.165) is 17.0 Å². The first-order valence-electron chi connectivity index (χ1n) is 12.2. The number of hydrogen-bond donors (Lipinski definition) is 0. The highest BCUT2D eigenvalue weighted by atomic mass is 16.5. The van der Waals surface area contributed by atoms with E-state index >= 15 is 0 Å². The molecule has 2 aliphatic rings. The lowest BCUT2D eigenvalue weighted by atomic mass is 10.0. The lowest BCUT2D eigenvalue weighted by Crippen LogP contribution is -2.47. The van der Waals surface area contributed by atoms with Crippen LogP contribution in [-0.4, -0.2) is 33.2 Å². The van der Waals surface area contributed by atoms with Crippen molar-refractivity contribution in [2.24, 2.45) is 0 Å². The minimum atomic E-state index is 0.314. The third-order valence-electron chi connectivity index (χ3n) is 6.46. The van der Waals surface area contributed by atoms with Gasteiger partial charge in [-0.1, -0.05) is 61.2 Å². The Morgan fingerprint density at radius 2 is 1.52 bits per heavy atom. The molecule has 0 spiro atoms. The first-order valence-corrected chi connectivity index (χ1v) is 12.2. The molecule has 1 saturated carbocycles. The number of anilines is 2. The van der Waals surface area contributed by atoms with Crippen LogP contribution in [0.3, 0.4) is 0 Å². The number of hydrogen-bond acceptors (Lipinski definition) is 5. The van der Waals surface area contributed by atoms with E-state index in [1.165, 1.54) is 37.1 Å². The van der Waals surface area contributed by atoms with Gasteiger partial charge in [-0.05, 0) is 46.8 Å². The molecule has 6 heteroatoms. The number of fused-ring (bicyclic) bond motifs is 1. The number of aromatic nitrogens is 3. The van der Waals surface area contributed by atoms with Crippen LogP contribution in [-0.2, 0) is 6.73 Å². The fraction of sp³-hybridized carbons (Fsp3) is 0.481. The summed E-state index contributed by atoms with van der Waals surface area (Å²) in [5.74, 6) is 0.835. The van der Waals surface area contributed by atoms with Crippen molar-refractivity contribution < 1.29 is 4.74 Å². The van der Waals surface area contributed by atoms with Crippen molar-refractivity contribution >= 4 is 11.4 Å². The van der Waals surface area contributed by atoms with Gasteiger partial charge in [0.2, 0.25) is 0 Å². The zero-order valence-corrected chi connectivity index (χ0v) is 20.6. The summed E-state index contributed by atoms with van der Waals surface area (Å²) in [7, 11) is 0. The third-order valence-corrected chi connectivity index (χ3v) is 6.46. The molecule has 1 aliphatic carbocycles. The monoisotopic (exact) mass is 447 g/mol. The van der Waals surface area contributed by atoms with E-state index in [9.17, 15) is 0 Å². The van der Waals surface area contributed by atoms with Gasteiger partial charge in [-0.2, -0.15) is 0 Å². The van der Waals surface area contributed by atoms with Crippen LogP contribution in [0, 0.1) is 0 Å². The second-order valence-corrected chi connectivity index (χ2v) is 9.46. The molecule has 0 saturated heterocycles. The average molecular weight is 448 g/mol. The molecule has 1 fully saturated rings. The van der Waals surface area contributed by atoms with Gasteiger partial charge in [0.1, 0.15) is 5.75 Å². The minimum absolute atomic E-state index is 0.314. The number of ether oxygens (including phenoxy) is 1. The summed E-state index contributed by atoms with van der Waals surface area (Å²) in [5, 5.41) is 8.25. The van der Waals surface area contributed by atoms with Gasteiger partial charge in [0, 0.05) is 23.7 Å². The zero-order valence-electron chi connectivity index (χ0n) is 20.6. The second kappa shape index (κ2) is 10.3. The van der Waals surface area contributed by atoms with Gasteiger partial charge < -0.3 is 14.5 Å². The maximum absolute atomic E-state index is 6.11. The zero-order chi connectivity index (χ0) is 23.4. The van der Waals surface area contributed by atoms with E-state index < -0.39 is 0 Å². The number of benzene rings is 2. The largest absolute Gasteiger partial charge is 0.471 e. The molecule has 5 rings (SSSR count). The fourth-order valence-corrected chi connectivity index (χ4v) is 4.55. The van der Waals surface area contributed by atoms with Gasteiger partial charge in [0.05, 0.1) is 29.4 Å². The normalized spacial score (nSPS) is 17.0. The predicted molar refractivity (Wildman–Crippen MR) is 136 cm³/mol. The van der Waals surface area contributed by atoms with Crippen molar-refractivity contribution in [1.82, 2.24) is 15.0 Å². The van der Waals surface area contributed by atoms with E-state index in [-0.39, 0.29) is 0 Å². The minimum Gasteiger partial charge on any atom is -0.471 e. The summed E-state index contributed by atoms with van der Waals surface area (Å²) < 4.78 is 7.90. The summed E-state index contributed by atoms with van der Waals surface area (Å²) in [5.41, 5.74) is 4.50. The van der Waals surface area contributed by atoms with Crippen molar-refractivity contribution in [1.29, 1.82) is 0 Å². The molecule has 0 bridgehead atoms. The van der Waals surface area contributed by atoms with Gasteiger partial charge in [-0.25, -0.2) is 4.68 Å². The SMILES string of the molecule is C1CCC1.CC(C)N1c2ccc(OCn3nncc3-c3ccccc3)cc2N(C(C)C)C1C. The summed E-state index contributed by atoms with van der Waals surface area (Å²) >= 11 is 0. The third kappa shape index (κ3) is 5.00. The van der Waals surface area contributed by atoms with Crippen LogP contribution >= 0.6 is 0 Å². The van der Waals surface area contributed by atoms with Crippen molar-refractivity contribution in [3.8, 4) is 17.0 Å². The number of rotatable bonds is 6. The Labute approximate surface area is 198 Å². The second-order valence-electron chi connectivity index (χ2n) is 9.46. The molecule has 1 unspecified atom stereocenters. The van der Waals surface area contributed by atoms with Gasteiger partial charge in [0.25, 0.3) is 0 Å². The fourth-order valence-electron chi connectivity index (χ4n) is 4.55. The number of nitrogens with zero attached hydrogens (tertiary/aromatic N) is 5. The Kier molecular flexibility index (Phi) is 7.21. The Bertz CT molecular complexity index is 1020. The molecular weight excluding hydrogens is 410 g/mol. The van der Waals surface area contributed by atoms with E-state index in [1.54, 1.807) is 10.9 Å². The van der Waals surface area contributed by atoms with Gasteiger partial charge >= 0.3 is 0 Å². The highest BCUT2D eigenvalue weighted by Gasteiger charge is 2.35. The quantitative estimate of drug-likeness (QED) is 0.442. The highest BCUT2D eigenvalue weighted by molar-refractivity contribution is 5.79. The Hall–Kier alpha value is -3.02. The van der Waals surface area contributed by atoms with E-state index in [2.05, 4.69) is 66.9 Å². The van der Waals surface area contributed by atoms with Crippen molar-refractivity contribution in [2.75, 3.05) is 9.80 Å². The molecule has 1 atom stereocenters. The standard InChI is InChI=1S/C23H29N5O.C4H8/c1-16(2)27-18(5)28(17(3)4)22-13-20(11-12-21(22)27)29-15-26-23(14-24-25-26)19-9-7-6-8-10-19;1-2-4-3-1/h6-14,16-18H,15H2,1-5H3;1-4H2. The Morgan fingerprint density at radius 1 is 0.879 bits per heavy atom. The lowest BCUT2D eigenvalue weighted by Gasteiger charge is -2.35. The molecule has 176 valence electrons. The molecule has 33 heavy (non-hydrogen) atoms. The molecule has 6 nitrogen and oxygen atoms in total. The van der Waals surface area contributed by atoms with Gasteiger partial charge in [0.15, 0.2) is 6.73 Å². The van der Waals surface area contributed by atoms with Crippen LogP contribution in [0.4, 0.5) is 11.4 Å². The Morgan fingerprint density at radius 3 is 2.12 bits per heavy atom. The Balaban J connectivity index is 0.000000586. The summed E-state index contributed by atoms with van der Waals surface area (Å²) in [6, 6.07) is 17.3. The van der Waals surface area contributed by atoms with Crippen molar-refractivity contribution in [3.05, 3.63) is 54.7 Å². The predicted octanol–water partition coefficient (Wildman–Crippen LogP) is 6.33. The van der Waals surface area contributed by atoms with E-state index in [4.69, 9.17) is 4.74 Å². The molecule has 2 aromatic carbocycles. The molecule has 3 aromatic rings. The van der Waals surface area contributed by atoms with E-state index in [0.29, 0.717) is 25.0 Å². The van der Waals surface area contributed by atoms with Crippen LogP contribution in [0.5, 0.6) is 5.75 Å². The molecule has 2 heterocycles. The van der Waals surface area contributed by atoms with Crippen molar-refractivity contribution in [3.63, 3.8) is 0 Å². The molecule has 0 radical (unpaired) electrons. The van der Waals surface area contributed by atoms with Crippen LogP contribution in [0.15, 0.2) is 54.7 Å². The van der Waals surface area contributed by atoms with Crippen LogP contribution in [0.1, 0.15) is 60.3 Å². The maximum Gasteiger partial charge on any atom is 0.183 e. The molecule has 1 aromatic heterocycles. The van der Waals surface area contributed by atoms with Gasteiger partial charge in [-0.3, -0.25) is 0 Å². The lowest BCUT2D eigenvalue weighted by molar-refractivity contribution is 0.220. The van der Waals surface area contributed by atoms with Crippen LogP contribution in [0.2, 0.25) is 0 Å². The van der Waals surface area contributed by atoms with Crippen LogP contribution in [0.25, 0.3) is 11.3 Å². The van der Waals surface area contributed by atoms with Crippen molar-refractivity contribution in [2.45, 2.75) is 85.3 Å². The topological polar surface area (TPSA) is 46.4 Å². The molecule has 0 N–H and O–H groups in total. The average Bonchev–Trinajstić information content (AvgIpc) is 3.32. The smallest absolute Gasteiger partial charge is 0.183 e. The summed E-state index contributed by atoms with van der Waals surface area (Å²) in [4.78, 5) is 4.91. The van der Waals surface area contributed by atoms with E-state index in [1.807, 2.05) is 36.4 Å². The first kappa shape index (κ1) is 23.1. The molecular formula is C27H37N5O. The maximum atomic E-state index is 6.11. The summed E-state index contributed by atoms with van der Waals surface area (Å²) in [6.07, 6.45) is 8.09. The molecule has 0 amide bonds.